The van der Waals surface area contributed by atoms with E-state index in [0.717, 1.165) is 17.0 Å². The van der Waals surface area contributed by atoms with Gasteiger partial charge in [-0.15, -0.1) is 0 Å². The number of hydrogen-bond donors (Lipinski definition) is 1. The van der Waals surface area contributed by atoms with E-state index in [-0.39, 0.29) is 0 Å². The molecule has 0 aliphatic heterocycles. The molecule has 0 radical (unpaired) electrons. The van der Waals surface area contributed by atoms with Crippen molar-refractivity contribution >= 4 is 18.1 Å². The molecule has 1 aromatic heterocycles. The largest absolute Gasteiger partial charge is 0.493 e. The second kappa shape index (κ2) is 7.35. The number of methoxy groups -OCH3 is 1. The van der Waals surface area contributed by atoms with Gasteiger partial charge in [-0.1, -0.05) is 0 Å². The molecule has 0 atom stereocenters. The van der Waals surface area contributed by atoms with Crippen LogP contribution in [0.3, 0.4) is 0 Å². The number of esters is 1. The lowest BCUT2D eigenvalue weighted by Crippen LogP contribution is -2.03. The molecule has 23 heavy (non-hydrogen) atoms. The minimum Gasteiger partial charge on any atom is -0.493 e. The fraction of sp³-hybridized carbons (Fsp3) is 0.250. The first kappa shape index (κ1) is 16.4. The van der Waals surface area contributed by atoms with Crippen LogP contribution in [0.2, 0.25) is 0 Å². The molecule has 0 aliphatic rings. The van der Waals surface area contributed by atoms with E-state index in [1.54, 1.807) is 24.4 Å². The van der Waals surface area contributed by atoms with Gasteiger partial charge in [-0.3, -0.25) is 4.79 Å². The van der Waals surface area contributed by atoms with Crippen molar-refractivity contribution in [3.05, 3.63) is 41.2 Å². The number of benzene rings is 1. The van der Waals surface area contributed by atoms with Crippen LogP contribution in [0.15, 0.2) is 29.4 Å². The summed E-state index contributed by atoms with van der Waals surface area (Å²) in [7, 11) is 1.50. The van der Waals surface area contributed by atoms with Crippen LogP contribution in [0.5, 0.6) is 11.5 Å². The van der Waals surface area contributed by atoms with Gasteiger partial charge in [0.1, 0.15) is 0 Å². The highest BCUT2D eigenvalue weighted by Crippen LogP contribution is 2.27. The zero-order chi connectivity index (χ0) is 16.8. The third-order valence-electron chi connectivity index (χ3n) is 2.80. The summed E-state index contributed by atoms with van der Waals surface area (Å²) in [5, 5.41) is 4.10. The van der Waals surface area contributed by atoms with E-state index < -0.39 is 5.97 Å². The molecule has 0 aliphatic carbocycles. The lowest BCUT2D eigenvalue weighted by Gasteiger charge is -2.08. The van der Waals surface area contributed by atoms with Crippen molar-refractivity contribution in [2.75, 3.05) is 12.5 Å². The molecule has 120 valence electrons. The predicted octanol–water partition coefficient (Wildman–Crippen LogP) is 2.47. The third kappa shape index (κ3) is 4.77. The molecule has 1 aromatic carbocycles. The third-order valence-corrected chi connectivity index (χ3v) is 2.80. The van der Waals surface area contributed by atoms with E-state index in [1.807, 2.05) is 19.9 Å². The van der Waals surface area contributed by atoms with E-state index in [1.165, 1.54) is 14.0 Å². The molecule has 0 spiro atoms. The number of aromatic nitrogens is 2. The standard InChI is InChI=1S/C16H18N4O3/c1-10-7-11(2)19-16(18-10)20-17-9-13-5-6-14(23-12(3)21)15(8-13)22-4/h5-9H,1-4H3,(H,18,19,20)/b17-9-. The summed E-state index contributed by atoms with van der Waals surface area (Å²) in [6.45, 7) is 5.12. The molecule has 7 heteroatoms. The smallest absolute Gasteiger partial charge is 0.308 e. The average Bonchev–Trinajstić information content (AvgIpc) is 2.47. The molecular formula is C16H18N4O3. The number of hydrogen-bond acceptors (Lipinski definition) is 7. The van der Waals surface area contributed by atoms with Crippen molar-refractivity contribution in [3.63, 3.8) is 0 Å². The summed E-state index contributed by atoms with van der Waals surface area (Å²) >= 11 is 0. The molecule has 0 fully saturated rings. The normalized spacial score (nSPS) is 10.6. The molecule has 0 unspecified atom stereocenters. The predicted molar refractivity (Wildman–Crippen MR) is 87.0 cm³/mol. The van der Waals surface area contributed by atoms with Gasteiger partial charge in [0.05, 0.1) is 13.3 Å². The summed E-state index contributed by atoms with van der Waals surface area (Å²) in [6.07, 6.45) is 1.60. The van der Waals surface area contributed by atoms with E-state index in [9.17, 15) is 4.79 Å². The number of hydrazone groups is 1. The number of carbonyl (C=O) groups excluding carboxylic acids is 1. The Bertz CT molecular complexity index is 724. The van der Waals surface area contributed by atoms with Crippen LogP contribution >= 0.6 is 0 Å². The van der Waals surface area contributed by atoms with Crippen molar-refractivity contribution in [3.8, 4) is 11.5 Å². The Morgan fingerprint density at radius 2 is 1.87 bits per heavy atom. The summed E-state index contributed by atoms with van der Waals surface area (Å²) in [6, 6.07) is 7.00. The molecule has 2 rings (SSSR count). The molecule has 0 saturated carbocycles. The first-order valence-electron chi connectivity index (χ1n) is 6.96. The van der Waals surface area contributed by atoms with Crippen LogP contribution in [0, 0.1) is 13.8 Å². The van der Waals surface area contributed by atoms with Crippen molar-refractivity contribution in [1.82, 2.24) is 9.97 Å². The topological polar surface area (TPSA) is 85.7 Å². The minimum atomic E-state index is -0.404. The van der Waals surface area contributed by atoms with Gasteiger partial charge in [0, 0.05) is 18.3 Å². The van der Waals surface area contributed by atoms with Crippen LogP contribution in [0.25, 0.3) is 0 Å². The lowest BCUT2D eigenvalue weighted by molar-refractivity contribution is -0.132. The Balaban J connectivity index is 2.11. The van der Waals surface area contributed by atoms with E-state index in [4.69, 9.17) is 9.47 Å². The van der Waals surface area contributed by atoms with Crippen molar-refractivity contribution in [2.24, 2.45) is 5.10 Å². The number of anilines is 1. The number of carbonyl (C=O) groups is 1. The lowest BCUT2D eigenvalue weighted by atomic mass is 10.2. The van der Waals surface area contributed by atoms with Gasteiger partial charge in [-0.25, -0.2) is 15.4 Å². The van der Waals surface area contributed by atoms with E-state index >= 15 is 0 Å². The molecule has 0 saturated heterocycles. The molecule has 2 aromatic rings. The quantitative estimate of drug-likeness (QED) is 0.395. The second-order valence-electron chi connectivity index (χ2n) is 4.85. The first-order chi connectivity index (χ1) is 11.0. The molecule has 0 bridgehead atoms. The molecule has 1 N–H and O–H groups in total. The number of nitrogens with zero attached hydrogens (tertiary/aromatic N) is 3. The molecular weight excluding hydrogens is 296 g/mol. The van der Waals surface area contributed by atoms with Crippen LogP contribution in [0.4, 0.5) is 5.95 Å². The van der Waals surface area contributed by atoms with Gasteiger partial charge in [-0.05, 0) is 43.7 Å². The van der Waals surface area contributed by atoms with Gasteiger partial charge in [0.15, 0.2) is 11.5 Å². The second-order valence-corrected chi connectivity index (χ2v) is 4.85. The fourth-order valence-corrected chi connectivity index (χ4v) is 1.94. The van der Waals surface area contributed by atoms with Crippen LogP contribution < -0.4 is 14.9 Å². The van der Waals surface area contributed by atoms with Gasteiger partial charge < -0.3 is 9.47 Å². The SMILES string of the molecule is COc1cc(/C=N\Nc2nc(C)cc(C)n2)ccc1OC(C)=O. The summed E-state index contributed by atoms with van der Waals surface area (Å²) in [5.74, 6) is 0.843. The maximum Gasteiger partial charge on any atom is 0.308 e. The zero-order valence-electron chi connectivity index (χ0n) is 13.5. The van der Waals surface area contributed by atoms with Crippen molar-refractivity contribution in [1.29, 1.82) is 0 Å². The van der Waals surface area contributed by atoms with Gasteiger partial charge in [0.2, 0.25) is 5.95 Å². The molecule has 0 amide bonds. The zero-order valence-corrected chi connectivity index (χ0v) is 13.5. The Hall–Kier alpha value is -2.96. The molecule has 1 heterocycles. The summed E-state index contributed by atoms with van der Waals surface area (Å²) in [4.78, 5) is 19.5. The first-order valence-corrected chi connectivity index (χ1v) is 6.96. The van der Waals surface area contributed by atoms with Crippen LogP contribution in [-0.2, 0) is 4.79 Å². The van der Waals surface area contributed by atoms with Crippen molar-refractivity contribution in [2.45, 2.75) is 20.8 Å². The van der Waals surface area contributed by atoms with Crippen molar-refractivity contribution < 1.29 is 14.3 Å². The monoisotopic (exact) mass is 314 g/mol. The number of rotatable bonds is 5. The van der Waals surface area contributed by atoms with Gasteiger partial charge >= 0.3 is 5.97 Å². The minimum absolute atomic E-state index is 0.364. The Morgan fingerprint density at radius 3 is 2.48 bits per heavy atom. The summed E-state index contributed by atoms with van der Waals surface area (Å²) in [5.41, 5.74) is 5.28. The van der Waals surface area contributed by atoms with Gasteiger partial charge in [0.25, 0.3) is 0 Å². The van der Waals surface area contributed by atoms with E-state index in [2.05, 4.69) is 20.5 Å². The fourth-order valence-electron chi connectivity index (χ4n) is 1.94. The van der Waals surface area contributed by atoms with E-state index in [0.29, 0.717) is 17.4 Å². The maximum absolute atomic E-state index is 11.0. The maximum atomic E-state index is 11.0. The highest BCUT2D eigenvalue weighted by atomic mass is 16.6. The molecule has 7 nitrogen and oxygen atoms in total. The van der Waals surface area contributed by atoms with Crippen LogP contribution in [-0.4, -0.2) is 29.3 Å². The summed E-state index contributed by atoms with van der Waals surface area (Å²) < 4.78 is 10.2. The highest BCUT2D eigenvalue weighted by molar-refractivity contribution is 5.82. The Morgan fingerprint density at radius 1 is 1.17 bits per heavy atom. The Kier molecular flexibility index (Phi) is 5.24. The average molecular weight is 314 g/mol. The van der Waals surface area contributed by atoms with Crippen LogP contribution in [0.1, 0.15) is 23.9 Å². The number of aryl methyl sites for hydroxylation is 2. The number of nitrogens with one attached hydrogen (secondary N) is 1. The highest BCUT2D eigenvalue weighted by Gasteiger charge is 2.07. The number of ether oxygens (including phenoxy) is 2. The van der Waals surface area contributed by atoms with Gasteiger partial charge in [-0.2, -0.15) is 5.10 Å². The Labute approximate surface area is 134 Å².